The highest BCUT2D eigenvalue weighted by Crippen LogP contribution is 2.31. The van der Waals surface area contributed by atoms with Crippen LogP contribution in [0.4, 0.5) is 4.39 Å². The number of hydrogen-bond donors (Lipinski definition) is 1. The highest BCUT2D eigenvalue weighted by atomic mass is 79.9. The number of halogens is 2. The molecule has 3 nitrogen and oxygen atoms in total. The summed E-state index contributed by atoms with van der Waals surface area (Å²) in [5.74, 6) is -0.470. The number of aliphatic hydroxyl groups is 1. The van der Waals surface area contributed by atoms with E-state index in [1.165, 1.54) is 13.2 Å². The van der Waals surface area contributed by atoms with Crippen molar-refractivity contribution in [3.05, 3.63) is 33.9 Å². The van der Waals surface area contributed by atoms with Crippen LogP contribution < -0.4 is 4.74 Å². The molecule has 0 aliphatic heterocycles. The number of carbonyl (C=O) groups excluding carboxylic acids is 1. The third-order valence-electron chi connectivity index (χ3n) is 2.69. The van der Waals surface area contributed by atoms with Gasteiger partial charge in [0, 0.05) is 22.2 Å². The number of benzene rings is 1. The van der Waals surface area contributed by atoms with Crippen molar-refractivity contribution >= 4 is 22.2 Å². The lowest BCUT2D eigenvalue weighted by Crippen LogP contribution is -2.09. The number of ether oxygens (including phenoxy) is 1. The minimum absolute atomic E-state index is 0.0396. The Morgan fingerprint density at radius 1 is 1.61 bits per heavy atom. The van der Waals surface area contributed by atoms with Crippen LogP contribution in [-0.4, -0.2) is 25.1 Å². The number of methoxy groups -OCH3 is 1. The standard InChI is InChI=1S/C13H15BrFO3/c1-8(3-4-16)5-9-10(7-17)11(14)6-12(18-2)13(9)15/h3,6-8,16H,4-5H2,1-2H3/t8-/m0/s1. The zero-order valence-corrected chi connectivity index (χ0v) is 11.8. The second-order valence-electron chi connectivity index (χ2n) is 3.98. The molecular formula is C13H15BrFO3. The minimum atomic E-state index is -0.527. The molecule has 1 aromatic rings. The molecule has 0 spiro atoms. The van der Waals surface area contributed by atoms with Crippen LogP contribution in [0.1, 0.15) is 22.8 Å². The summed E-state index contributed by atoms with van der Waals surface area (Å²) in [5.41, 5.74) is 0.583. The quantitative estimate of drug-likeness (QED) is 0.821. The molecular weight excluding hydrogens is 303 g/mol. The van der Waals surface area contributed by atoms with Gasteiger partial charge in [-0.05, 0) is 40.8 Å². The summed E-state index contributed by atoms with van der Waals surface area (Å²) >= 11 is 3.22. The van der Waals surface area contributed by atoms with Crippen molar-refractivity contribution in [2.45, 2.75) is 13.3 Å². The first-order valence-electron chi connectivity index (χ1n) is 5.49. The highest BCUT2D eigenvalue weighted by molar-refractivity contribution is 9.10. The van der Waals surface area contributed by atoms with Crippen molar-refractivity contribution in [3.63, 3.8) is 0 Å². The third-order valence-corrected chi connectivity index (χ3v) is 3.35. The first-order valence-corrected chi connectivity index (χ1v) is 6.28. The molecule has 99 valence electrons. The Hall–Kier alpha value is -0.940. The van der Waals surface area contributed by atoms with Crippen LogP contribution in [0.5, 0.6) is 5.75 Å². The van der Waals surface area contributed by atoms with Gasteiger partial charge in [-0.3, -0.25) is 4.79 Å². The molecule has 0 heterocycles. The smallest absolute Gasteiger partial charge is 0.169 e. The molecule has 1 radical (unpaired) electrons. The van der Waals surface area contributed by atoms with Crippen LogP contribution >= 0.6 is 15.9 Å². The van der Waals surface area contributed by atoms with Crippen molar-refractivity contribution in [1.82, 2.24) is 0 Å². The predicted molar refractivity (Wildman–Crippen MR) is 70.3 cm³/mol. The maximum atomic E-state index is 14.1. The average molecular weight is 318 g/mol. The molecule has 0 saturated carbocycles. The van der Waals surface area contributed by atoms with E-state index in [-0.39, 0.29) is 23.8 Å². The largest absolute Gasteiger partial charge is 0.494 e. The van der Waals surface area contributed by atoms with Gasteiger partial charge in [0.2, 0.25) is 0 Å². The Balaban J connectivity index is 3.21. The van der Waals surface area contributed by atoms with E-state index in [4.69, 9.17) is 9.84 Å². The Bertz CT molecular complexity index is 435. The maximum Gasteiger partial charge on any atom is 0.169 e. The van der Waals surface area contributed by atoms with Crippen LogP contribution in [0.15, 0.2) is 10.5 Å². The fraction of sp³-hybridized carbons (Fsp3) is 0.385. The molecule has 0 saturated heterocycles. The van der Waals surface area contributed by atoms with Crippen LogP contribution in [0, 0.1) is 18.2 Å². The van der Waals surface area contributed by atoms with Gasteiger partial charge in [0.15, 0.2) is 17.9 Å². The molecule has 5 heteroatoms. The Morgan fingerprint density at radius 2 is 2.28 bits per heavy atom. The van der Waals surface area contributed by atoms with E-state index in [1.54, 1.807) is 6.42 Å². The third kappa shape index (κ3) is 3.29. The van der Waals surface area contributed by atoms with E-state index in [1.807, 2.05) is 6.92 Å². The molecule has 0 aliphatic carbocycles. The molecule has 0 fully saturated rings. The second kappa shape index (κ2) is 6.85. The molecule has 1 aromatic carbocycles. The van der Waals surface area contributed by atoms with E-state index in [0.717, 1.165) is 0 Å². The summed E-state index contributed by atoms with van der Waals surface area (Å²) in [5, 5.41) is 8.81. The van der Waals surface area contributed by atoms with Crippen molar-refractivity contribution in [1.29, 1.82) is 0 Å². The van der Waals surface area contributed by atoms with Gasteiger partial charge in [-0.1, -0.05) is 6.92 Å². The number of carbonyl (C=O) groups is 1. The second-order valence-corrected chi connectivity index (χ2v) is 4.84. The van der Waals surface area contributed by atoms with E-state index in [2.05, 4.69) is 15.9 Å². The fourth-order valence-electron chi connectivity index (χ4n) is 1.73. The monoisotopic (exact) mass is 317 g/mol. The van der Waals surface area contributed by atoms with Crippen LogP contribution in [0.25, 0.3) is 0 Å². The summed E-state index contributed by atoms with van der Waals surface area (Å²) in [4.78, 5) is 11.0. The molecule has 0 bridgehead atoms. The van der Waals surface area contributed by atoms with Gasteiger partial charge in [0.25, 0.3) is 0 Å². The van der Waals surface area contributed by atoms with Crippen LogP contribution in [0.3, 0.4) is 0 Å². The van der Waals surface area contributed by atoms with Crippen LogP contribution in [0.2, 0.25) is 0 Å². The zero-order valence-electron chi connectivity index (χ0n) is 10.2. The van der Waals surface area contributed by atoms with E-state index in [9.17, 15) is 9.18 Å². The van der Waals surface area contributed by atoms with Gasteiger partial charge < -0.3 is 9.84 Å². The zero-order chi connectivity index (χ0) is 13.7. The average Bonchev–Trinajstić information content (AvgIpc) is 2.34. The maximum absolute atomic E-state index is 14.1. The number of aliphatic hydroxyl groups excluding tert-OH is 1. The SMILES string of the molecule is COc1cc(Br)c(C=O)c(C[C@@H](C)[CH]CO)c1F. The van der Waals surface area contributed by atoms with Gasteiger partial charge in [0.05, 0.1) is 7.11 Å². The predicted octanol–water partition coefficient (Wildman–Crippen LogP) is 2.78. The molecule has 0 amide bonds. The summed E-state index contributed by atoms with van der Waals surface area (Å²) in [6.45, 7) is 1.77. The summed E-state index contributed by atoms with van der Waals surface area (Å²) in [7, 11) is 1.37. The Labute approximate surface area is 114 Å². The topological polar surface area (TPSA) is 46.5 Å². The lowest BCUT2D eigenvalue weighted by molar-refractivity contribution is 0.112. The number of aldehydes is 1. The molecule has 1 N–H and O–H groups in total. The normalized spacial score (nSPS) is 12.3. The van der Waals surface area contributed by atoms with E-state index in [0.29, 0.717) is 22.7 Å². The lowest BCUT2D eigenvalue weighted by Gasteiger charge is -2.15. The summed E-state index contributed by atoms with van der Waals surface area (Å²) in [6.07, 6.45) is 2.60. The number of hydrogen-bond acceptors (Lipinski definition) is 3. The van der Waals surface area contributed by atoms with Crippen LogP contribution in [-0.2, 0) is 6.42 Å². The van der Waals surface area contributed by atoms with Crippen molar-refractivity contribution in [3.8, 4) is 5.75 Å². The van der Waals surface area contributed by atoms with Gasteiger partial charge in [0.1, 0.15) is 0 Å². The van der Waals surface area contributed by atoms with Gasteiger partial charge >= 0.3 is 0 Å². The molecule has 1 rings (SSSR count). The first-order chi connectivity index (χ1) is 8.54. The van der Waals surface area contributed by atoms with Crippen molar-refractivity contribution < 1.29 is 19.0 Å². The van der Waals surface area contributed by atoms with Crippen molar-refractivity contribution in [2.24, 2.45) is 5.92 Å². The van der Waals surface area contributed by atoms with Crippen molar-refractivity contribution in [2.75, 3.05) is 13.7 Å². The molecule has 0 aromatic heterocycles. The first kappa shape index (κ1) is 15.1. The summed E-state index contributed by atoms with van der Waals surface area (Å²) in [6, 6.07) is 1.43. The molecule has 0 unspecified atom stereocenters. The molecule has 1 atom stereocenters. The Morgan fingerprint density at radius 3 is 2.78 bits per heavy atom. The fourth-order valence-corrected chi connectivity index (χ4v) is 2.27. The van der Waals surface area contributed by atoms with Gasteiger partial charge in [-0.15, -0.1) is 0 Å². The van der Waals surface area contributed by atoms with E-state index < -0.39 is 5.82 Å². The highest BCUT2D eigenvalue weighted by Gasteiger charge is 2.19. The summed E-state index contributed by atoms with van der Waals surface area (Å²) < 4.78 is 19.5. The Kier molecular flexibility index (Phi) is 5.75. The molecule has 0 aliphatic rings. The lowest BCUT2D eigenvalue weighted by atomic mass is 9.94. The minimum Gasteiger partial charge on any atom is -0.494 e. The number of rotatable bonds is 6. The molecule has 18 heavy (non-hydrogen) atoms. The van der Waals surface area contributed by atoms with Gasteiger partial charge in [-0.2, -0.15) is 0 Å². The van der Waals surface area contributed by atoms with E-state index >= 15 is 0 Å². The van der Waals surface area contributed by atoms with Gasteiger partial charge in [-0.25, -0.2) is 4.39 Å².